The fourth-order valence-corrected chi connectivity index (χ4v) is 2.06. The van der Waals surface area contributed by atoms with Crippen LogP contribution in [0.3, 0.4) is 0 Å². The minimum atomic E-state index is 0.598. The molecular formula is C14H19N3O. The van der Waals surface area contributed by atoms with Crippen LogP contribution < -0.4 is 5.73 Å². The molecule has 4 nitrogen and oxygen atoms in total. The minimum absolute atomic E-state index is 0.598. The molecule has 4 heteroatoms. The average molecular weight is 245 g/mol. The van der Waals surface area contributed by atoms with Crippen LogP contribution in [0.25, 0.3) is 11.3 Å². The van der Waals surface area contributed by atoms with E-state index in [2.05, 4.69) is 18.0 Å². The van der Waals surface area contributed by atoms with Crippen molar-refractivity contribution >= 4 is 5.82 Å². The van der Waals surface area contributed by atoms with Gasteiger partial charge in [-0.05, 0) is 11.6 Å². The molecule has 0 saturated heterocycles. The van der Waals surface area contributed by atoms with Gasteiger partial charge in [-0.15, -0.1) is 0 Å². The summed E-state index contributed by atoms with van der Waals surface area (Å²) in [5.41, 5.74) is 9.12. The van der Waals surface area contributed by atoms with E-state index in [1.165, 1.54) is 0 Å². The third kappa shape index (κ3) is 2.24. The number of imidazole rings is 1. The normalized spacial score (nSPS) is 10.8. The number of hydrogen-bond donors (Lipinski definition) is 1. The summed E-state index contributed by atoms with van der Waals surface area (Å²) in [6, 6.07) is 8.13. The Morgan fingerprint density at radius 3 is 2.78 bits per heavy atom. The van der Waals surface area contributed by atoms with Crippen LogP contribution in [0.15, 0.2) is 24.3 Å². The van der Waals surface area contributed by atoms with Crippen molar-refractivity contribution in [2.75, 3.05) is 12.8 Å². The summed E-state index contributed by atoms with van der Waals surface area (Å²) >= 11 is 0. The maximum Gasteiger partial charge on any atom is 0.131 e. The van der Waals surface area contributed by atoms with E-state index in [-0.39, 0.29) is 0 Å². The monoisotopic (exact) mass is 245 g/mol. The lowest BCUT2D eigenvalue weighted by Gasteiger charge is -2.04. The number of nitrogens with zero attached hydrogens (tertiary/aromatic N) is 2. The predicted octanol–water partition coefficient (Wildman–Crippen LogP) is 2.38. The number of nitrogen functional groups attached to an aromatic ring is 1. The van der Waals surface area contributed by atoms with Crippen molar-refractivity contribution in [3.05, 3.63) is 35.7 Å². The Balaban J connectivity index is 2.45. The van der Waals surface area contributed by atoms with Crippen molar-refractivity contribution < 1.29 is 4.74 Å². The van der Waals surface area contributed by atoms with Gasteiger partial charge in [-0.1, -0.05) is 25.1 Å². The molecule has 96 valence electrons. The largest absolute Gasteiger partial charge is 0.383 e. The molecule has 0 aliphatic rings. The number of nitrogens with two attached hydrogens (primary N) is 1. The molecule has 0 unspecified atom stereocenters. The zero-order chi connectivity index (χ0) is 13.1. The average Bonchev–Trinajstić information content (AvgIpc) is 2.67. The second-order valence-electron chi connectivity index (χ2n) is 4.31. The van der Waals surface area contributed by atoms with E-state index in [0.29, 0.717) is 12.4 Å². The first-order valence-corrected chi connectivity index (χ1v) is 6.06. The Kier molecular flexibility index (Phi) is 3.67. The first-order chi connectivity index (χ1) is 8.67. The van der Waals surface area contributed by atoms with Crippen molar-refractivity contribution in [3.8, 4) is 11.3 Å². The number of hydrogen-bond acceptors (Lipinski definition) is 3. The smallest absolute Gasteiger partial charge is 0.131 e. The van der Waals surface area contributed by atoms with E-state index < -0.39 is 0 Å². The van der Waals surface area contributed by atoms with Crippen LogP contribution in [0.4, 0.5) is 5.82 Å². The lowest BCUT2D eigenvalue weighted by atomic mass is 10.1. The summed E-state index contributed by atoms with van der Waals surface area (Å²) in [6.07, 6.45) is 0.873. The molecule has 0 saturated carbocycles. The van der Waals surface area contributed by atoms with Gasteiger partial charge in [0.1, 0.15) is 17.3 Å². The quantitative estimate of drug-likeness (QED) is 0.899. The molecule has 0 fully saturated rings. The van der Waals surface area contributed by atoms with Gasteiger partial charge < -0.3 is 15.0 Å². The first kappa shape index (κ1) is 12.6. The van der Waals surface area contributed by atoms with Crippen molar-refractivity contribution in [1.82, 2.24) is 9.55 Å². The summed E-state index contributed by atoms with van der Waals surface area (Å²) in [5.74, 6) is 1.71. The third-order valence-electron chi connectivity index (χ3n) is 3.06. The Bertz CT molecular complexity index is 546. The van der Waals surface area contributed by atoms with Crippen LogP contribution in [0, 0.1) is 0 Å². The first-order valence-electron chi connectivity index (χ1n) is 6.06. The van der Waals surface area contributed by atoms with Gasteiger partial charge >= 0.3 is 0 Å². The predicted molar refractivity (Wildman–Crippen MR) is 73.1 cm³/mol. The van der Waals surface area contributed by atoms with Crippen LogP contribution in [-0.4, -0.2) is 16.7 Å². The second kappa shape index (κ2) is 5.23. The highest BCUT2D eigenvalue weighted by atomic mass is 16.5. The van der Waals surface area contributed by atoms with E-state index in [4.69, 9.17) is 10.5 Å². The Hall–Kier alpha value is -1.81. The molecule has 2 N–H and O–H groups in total. The Morgan fingerprint density at radius 1 is 1.39 bits per heavy atom. The molecule has 0 atom stereocenters. The number of rotatable bonds is 4. The van der Waals surface area contributed by atoms with Gasteiger partial charge in [0, 0.05) is 26.1 Å². The van der Waals surface area contributed by atoms with Gasteiger partial charge in [0.25, 0.3) is 0 Å². The summed E-state index contributed by atoms with van der Waals surface area (Å²) in [7, 11) is 3.64. The fraction of sp³-hybridized carbons (Fsp3) is 0.357. The molecular weight excluding hydrogens is 226 g/mol. The van der Waals surface area contributed by atoms with Crippen LogP contribution in [0.5, 0.6) is 0 Å². The van der Waals surface area contributed by atoms with Gasteiger partial charge in [-0.25, -0.2) is 4.98 Å². The van der Waals surface area contributed by atoms with E-state index in [1.807, 2.05) is 29.8 Å². The molecule has 2 aromatic rings. The summed E-state index contributed by atoms with van der Waals surface area (Å²) < 4.78 is 7.09. The van der Waals surface area contributed by atoms with E-state index in [0.717, 1.165) is 29.1 Å². The summed E-state index contributed by atoms with van der Waals surface area (Å²) in [6.45, 7) is 2.67. The molecule has 0 aliphatic carbocycles. The highest BCUT2D eigenvalue weighted by molar-refractivity contribution is 5.71. The molecule has 0 aliphatic heterocycles. The van der Waals surface area contributed by atoms with Gasteiger partial charge in [-0.2, -0.15) is 0 Å². The maximum absolute atomic E-state index is 6.10. The van der Waals surface area contributed by atoms with Crippen molar-refractivity contribution in [3.63, 3.8) is 0 Å². The zero-order valence-electron chi connectivity index (χ0n) is 11.1. The fourth-order valence-electron chi connectivity index (χ4n) is 2.06. The second-order valence-corrected chi connectivity index (χ2v) is 4.31. The van der Waals surface area contributed by atoms with Crippen molar-refractivity contribution in [1.29, 1.82) is 0 Å². The number of ether oxygens (including phenoxy) is 1. The van der Waals surface area contributed by atoms with E-state index >= 15 is 0 Å². The molecule has 1 aromatic heterocycles. The van der Waals surface area contributed by atoms with Crippen LogP contribution >= 0.6 is 0 Å². The van der Waals surface area contributed by atoms with E-state index in [1.54, 1.807) is 7.11 Å². The Morgan fingerprint density at radius 2 is 2.17 bits per heavy atom. The van der Waals surface area contributed by atoms with Crippen molar-refractivity contribution in [2.24, 2.45) is 7.05 Å². The molecule has 0 spiro atoms. The number of anilines is 1. The highest BCUT2D eigenvalue weighted by Crippen LogP contribution is 2.26. The van der Waals surface area contributed by atoms with Crippen LogP contribution in [-0.2, 0) is 24.8 Å². The number of methoxy groups -OCH3 is 1. The topological polar surface area (TPSA) is 53.1 Å². The summed E-state index contributed by atoms with van der Waals surface area (Å²) in [5, 5.41) is 0. The molecule has 0 bridgehead atoms. The maximum atomic E-state index is 6.10. The van der Waals surface area contributed by atoms with Crippen molar-refractivity contribution in [2.45, 2.75) is 20.0 Å². The SMILES string of the molecule is CCc1nc(-c2cccc(COC)c2)c(N)n1C. The minimum Gasteiger partial charge on any atom is -0.383 e. The molecule has 0 amide bonds. The highest BCUT2D eigenvalue weighted by Gasteiger charge is 2.12. The Labute approximate surface area is 107 Å². The van der Waals surface area contributed by atoms with Gasteiger partial charge in [0.15, 0.2) is 0 Å². The number of aromatic nitrogens is 2. The van der Waals surface area contributed by atoms with E-state index in [9.17, 15) is 0 Å². The lowest BCUT2D eigenvalue weighted by molar-refractivity contribution is 0.185. The van der Waals surface area contributed by atoms with Crippen LogP contribution in [0.1, 0.15) is 18.3 Å². The van der Waals surface area contributed by atoms with Gasteiger partial charge in [0.05, 0.1) is 6.61 Å². The van der Waals surface area contributed by atoms with Crippen LogP contribution in [0.2, 0.25) is 0 Å². The summed E-state index contributed by atoms with van der Waals surface area (Å²) in [4.78, 5) is 4.60. The standard InChI is InChI=1S/C14H19N3O/c1-4-12-16-13(14(15)17(12)2)11-7-5-6-10(8-11)9-18-3/h5-8H,4,9,15H2,1-3H3. The molecule has 1 aromatic carbocycles. The molecule has 18 heavy (non-hydrogen) atoms. The molecule has 0 radical (unpaired) electrons. The van der Waals surface area contributed by atoms with Gasteiger partial charge in [0.2, 0.25) is 0 Å². The molecule has 1 heterocycles. The number of benzene rings is 1. The number of aryl methyl sites for hydroxylation is 1. The van der Waals surface area contributed by atoms with Gasteiger partial charge in [-0.3, -0.25) is 0 Å². The molecule has 2 rings (SSSR count). The lowest BCUT2D eigenvalue weighted by Crippen LogP contribution is -2.00. The zero-order valence-corrected chi connectivity index (χ0v) is 11.1. The third-order valence-corrected chi connectivity index (χ3v) is 3.06.